The molecular formula is C22H28O5. The molecule has 0 aliphatic heterocycles. The van der Waals surface area contributed by atoms with Crippen LogP contribution in [-0.4, -0.2) is 33.3 Å². The molecule has 4 rings (SSSR count). The molecule has 0 saturated heterocycles. The Morgan fingerprint density at radius 3 is 2.56 bits per heavy atom. The second kappa shape index (κ2) is 5.63. The molecule has 0 spiro atoms. The number of aliphatic carboxylic acids is 1. The minimum Gasteiger partial charge on any atom is -0.475 e. The summed E-state index contributed by atoms with van der Waals surface area (Å²) < 4.78 is 0. The van der Waals surface area contributed by atoms with E-state index in [1.807, 2.05) is 19.9 Å². The van der Waals surface area contributed by atoms with Crippen LogP contribution in [0.4, 0.5) is 0 Å². The van der Waals surface area contributed by atoms with Crippen LogP contribution in [0, 0.1) is 34.5 Å². The van der Waals surface area contributed by atoms with Crippen LogP contribution in [0.15, 0.2) is 23.8 Å². The number of carboxylic acid groups (broad SMARTS) is 1. The first-order chi connectivity index (χ1) is 12.5. The summed E-state index contributed by atoms with van der Waals surface area (Å²) in [7, 11) is 0. The van der Waals surface area contributed by atoms with Crippen LogP contribution in [0.1, 0.15) is 52.9 Å². The Morgan fingerprint density at radius 2 is 1.89 bits per heavy atom. The minimum atomic E-state index is -1.39. The molecule has 4 aliphatic carbocycles. The molecule has 0 aromatic carbocycles. The Labute approximate surface area is 159 Å². The maximum Gasteiger partial charge on any atom is 0.372 e. The second-order valence-corrected chi connectivity index (χ2v) is 9.65. The molecule has 4 aliphatic rings. The average molecular weight is 372 g/mol. The number of hydrogen-bond acceptors (Lipinski definition) is 4. The van der Waals surface area contributed by atoms with Gasteiger partial charge in [0.25, 0.3) is 0 Å². The Hall–Kier alpha value is -1.75. The number of allylic oxidation sites excluding steroid dienone is 4. The Bertz CT molecular complexity index is 795. The van der Waals surface area contributed by atoms with E-state index in [1.165, 1.54) is 0 Å². The first-order valence-corrected chi connectivity index (χ1v) is 9.98. The van der Waals surface area contributed by atoms with Crippen molar-refractivity contribution in [2.24, 2.45) is 34.5 Å². The van der Waals surface area contributed by atoms with E-state index in [0.29, 0.717) is 12.8 Å². The Morgan fingerprint density at radius 1 is 1.19 bits per heavy atom. The molecule has 0 heterocycles. The zero-order valence-electron chi connectivity index (χ0n) is 16.2. The smallest absolute Gasteiger partial charge is 0.372 e. The van der Waals surface area contributed by atoms with E-state index >= 15 is 0 Å². The molecule has 7 atom stereocenters. The fourth-order valence-corrected chi connectivity index (χ4v) is 7.27. The highest BCUT2D eigenvalue weighted by Gasteiger charge is 2.69. The molecule has 2 N–H and O–H groups in total. The van der Waals surface area contributed by atoms with Gasteiger partial charge in [-0.1, -0.05) is 32.4 Å². The molecule has 0 bridgehead atoms. The highest BCUT2D eigenvalue weighted by Crippen LogP contribution is 2.68. The van der Waals surface area contributed by atoms with Crippen molar-refractivity contribution in [2.75, 3.05) is 0 Å². The third kappa shape index (κ3) is 2.24. The first kappa shape index (κ1) is 18.6. The van der Waals surface area contributed by atoms with E-state index in [9.17, 15) is 24.6 Å². The Balaban J connectivity index is 1.75. The third-order valence-electron chi connectivity index (χ3n) is 8.54. The van der Waals surface area contributed by atoms with Gasteiger partial charge in [0.05, 0.1) is 5.60 Å². The van der Waals surface area contributed by atoms with Gasteiger partial charge in [-0.05, 0) is 62.0 Å². The average Bonchev–Trinajstić information content (AvgIpc) is 2.80. The number of fused-ring (bicyclic) bond motifs is 5. The summed E-state index contributed by atoms with van der Waals surface area (Å²) in [6.45, 7) is 5.98. The van der Waals surface area contributed by atoms with E-state index in [2.05, 4.69) is 6.92 Å². The van der Waals surface area contributed by atoms with Crippen LogP contribution in [0.5, 0.6) is 0 Å². The summed E-state index contributed by atoms with van der Waals surface area (Å²) in [4.78, 5) is 35.7. The van der Waals surface area contributed by atoms with E-state index < -0.39 is 28.7 Å². The van der Waals surface area contributed by atoms with E-state index in [1.54, 1.807) is 12.2 Å². The summed E-state index contributed by atoms with van der Waals surface area (Å²) in [5.41, 5.74) is -0.858. The van der Waals surface area contributed by atoms with Crippen molar-refractivity contribution in [3.05, 3.63) is 23.8 Å². The number of aliphatic hydroxyl groups is 1. The Kier molecular flexibility index (Phi) is 3.88. The summed E-state index contributed by atoms with van der Waals surface area (Å²) in [6.07, 6.45) is 8.85. The molecular weight excluding hydrogens is 344 g/mol. The zero-order valence-corrected chi connectivity index (χ0v) is 16.2. The number of carboxylic acids is 1. The standard InChI is InChI=1S/C22H28O5/c1-12-11-22(27)16-5-4-13-10-14(23)6-8-20(13,2)15(16)7-9-21(22,3)17(12)18(24)19(25)26/h6,8,10,12,15-17,27H,4-5,7,9,11H2,1-3H3,(H,25,26)/t12-,15+,16-,17-,20+,21-,22?/m1/s1. The van der Waals surface area contributed by atoms with Gasteiger partial charge in [-0.3, -0.25) is 9.59 Å². The SMILES string of the molecule is C[C@@H]1CC2(O)[C@@H]3CCC4=CC(=O)C=C[C@]4(C)[C@H]3CC[C@]2(C)[C@H]1C(=O)C(=O)O. The predicted molar refractivity (Wildman–Crippen MR) is 98.8 cm³/mol. The fraction of sp³-hybridized carbons (Fsp3) is 0.682. The lowest BCUT2D eigenvalue weighted by Crippen LogP contribution is -2.61. The van der Waals surface area contributed by atoms with E-state index in [4.69, 9.17) is 0 Å². The number of hydrogen-bond donors (Lipinski definition) is 2. The van der Waals surface area contributed by atoms with Gasteiger partial charge in [-0.2, -0.15) is 0 Å². The van der Waals surface area contributed by atoms with Crippen molar-refractivity contribution in [3.8, 4) is 0 Å². The maximum absolute atomic E-state index is 12.5. The lowest BCUT2D eigenvalue weighted by atomic mass is 9.46. The zero-order chi connectivity index (χ0) is 19.8. The van der Waals surface area contributed by atoms with Gasteiger partial charge in [0.15, 0.2) is 5.78 Å². The second-order valence-electron chi connectivity index (χ2n) is 9.65. The molecule has 0 aromatic heterocycles. The summed E-state index contributed by atoms with van der Waals surface area (Å²) in [6, 6.07) is 0. The molecule has 3 fully saturated rings. The third-order valence-corrected chi connectivity index (χ3v) is 8.54. The van der Waals surface area contributed by atoms with Gasteiger partial charge in [0.1, 0.15) is 0 Å². The number of rotatable bonds is 2. The summed E-state index contributed by atoms with van der Waals surface area (Å²) >= 11 is 0. The van der Waals surface area contributed by atoms with Crippen LogP contribution < -0.4 is 0 Å². The topological polar surface area (TPSA) is 91.7 Å². The molecule has 0 radical (unpaired) electrons. The minimum absolute atomic E-state index is 0.00490. The van der Waals surface area contributed by atoms with Crippen molar-refractivity contribution >= 4 is 17.5 Å². The molecule has 5 heteroatoms. The first-order valence-electron chi connectivity index (χ1n) is 9.98. The lowest BCUT2D eigenvalue weighted by Gasteiger charge is -2.60. The van der Waals surface area contributed by atoms with Crippen molar-refractivity contribution in [1.29, 1.82) is 0 Å². The van der Waals surface area contributed by atoms with Gasteiger partial charge >= 0.3 is 5.97 Å². The lowest BCUT2D eigenvalue weighted by molar-refractivity contribution is -0.182. The monoisotopic (exact) mass is 372 g/mol. The fourth-order valence-electron chi connectivity index (χ4n) is 7.27. The van der Waals surface area contributed by atoms with Crippen molar-refractivity contribution in [3.63, 3.8) is 0 Å². The molecule has 5 nitrogen and oxygen atoms in total. The van der Waals surface area contributed by atoms with Crippen molar-refractivity contribution in [2.45, 2.75) is 58.5 Å². The summed E-state index contributed by atoms with van der Waals surface area (Å²) in [5.74, 6) is -2.72. The van der Waals surface area contributed by atoms with Crippen LogP contribution >= 0.6 is 0 Å². The molecule has 1 unspecified atom stereocenters. The van der Waals surface area contributed by atoms with Crippen LogP contribution in [0.2, 0.25) is 0 Å². The molecule has 146 valence electrons. The van der Waals surface area contributed by atoms with Gasteiger partial charge in [-0.15, -0.1) is 0 Å². The van der Waals surface area contributed by atoms with Crippen LogP contribution in [-0.2, 0) is 14.4 Å². The number of carbonyl (C=O) groups is 3. The highest BCUT2D eigenvalue weighted by molar-refractivity contribution is 6.33. The van der Waals surface area contributed by atoms with E-state index in [-0.39, 0.29) is 29.0 Å². The number of carbonyl (C=O) groups excluding carboxylic acids is 2. The van der Waals surface area contributed by atoms with Gasteiger partial charge < -0.3 is 10.2 Å². The highest BCUT2D eigenvalue weighted by atomic mass is 16.4. The quantitative estimate of drug-likeness (QED) is 0.727. The van der Waals surface area contributed by atoms with Gasteiger partial charge in [0.2, 0.25) is 5.78 Å². The maximum atomic E-state index is 12.5. The van der Waals surface area contributed by atoms with Crippen molar-refractivity contribution in [1.82, 2.24) is 0 Å². The number of ketones is 2. The van der Waals surface area contributed by atoms with Crippen LogP contribution in [0.3, 0.4) is 0 Å². The molecule has 27 heavy (non-hydrogen) atoms. The molecule has 0 amide bonds. The van der Waals surface area contributed by atoms with Gasteiger partial charge in [0, 0.05) is 16.7 Å². The largest absolute Gasteiger partial charge is 0.475 e. The van der Waals surface area contributed by atoms with E-state index in [0.717, 1.165) is 24.8 Å². The molecule has 3 saturated carbocycles. The predicted octanol–water partition coefficient (Wildman–Crippen LogP) is 2.93. The van der Waals surface area contributed by atoms with Crippen molar-refractivity contribution < 1.29 is 24.6 Å². The summed E-state index contributed by atoms with van der Waals surface area (Å²) in [5, 5.41) is 21.3. The van der Waals surface area contributed by atoms with Gasteiger partial charge in [-0.25, -0.2) is 4.79 Å². The molecule has 0 aromatic rings. The number of Topliss-reactive ketones (excluding diaryl/α,β-unsaturated/α-hetero) is 1. The van der Waals surface area contributed by atoms with Crippen LogP contribution in [0.25, 0.3) is 0 Å². The normalized spacial score (nSPS) is 48.3.